The van der Waals surface area contributed by atoms with Crippen LogP contribution in [-0.4, -0.2) is 32.8 Å². The largest absolute Gasteiger partial charge is 0.497 e. The molecular weight excluding hydrogens is 361 g/mol. The summed E-state index contributed by atoms with van der Waals surface area (Å²) in [7, 11) is 1.56. The van der Waals surface area contributed by atoms with Crippen LogP contribution in [0, 0.1) is 12.7 Å². The van der Waals surface area contributed by atoms with Crippen LogP contribution < -0.4 is 10.1 Å². The van der Waals surface area contributed by atoms with Crippen molar-refractivity contribution in [2.24, 2.45) is 0 Å². The summed E-state index contributed by atoms with van der Waals surface area (Å²) < 4.78 is 19.9. The van der Waals surface area contributed by atoms with Crippen molar-refractivity contribution in [2.75, 3.05) is 12.4 Å². The Balaban J connectivity index is 1.68. The molecule has 0 aliphatic heterocycles. The number of anilines is 1. The van der Waals surface area contributed by atoms with Gasteiger partial charge in [-0.2, -0.15) is 5.10 Å². The van der Waals surface area contributed by atoms with E-state index >= 15 is 0 Å². The monoisotopic (exact) mass is 377 g/mol. The van der Waals surface area contributed by atoms with Crippen molar-refractivity contribution in [1.29, 1.82) is 0 Å². The molecule has 7 nitrogen and oxygen atoms in total. The summed E-state index contributed by atoms with van der Waals surface area (Å²) in [6.07, 6.45) is 1.62. The maximum atomic E-state index is 13.2. The van der Waals surface area contributed by atoms with Crippen LogP contribution in [0.1, 0.15) is 16.2 Å². The zero-order valence-corrected chi connectivity index (χ0v) is 15.2. The molecule has 0 spiro atoms. The van der Waals surface area contributed by atoms with Gasteiger partial charge in [0.1, 0.15) is 11.6 Å². The predicted molar refractivity (Wildman–Crippen MR) is 102 cm³/mol. The van der Waals surface area contributed by atoms with E-state index in [1.54, 1.807) is 61.1 Å². The molecule has 0 saturated heterocycles. The normalized spacial score (nSPS) is 10.8. The Morgan fingerprint density at radius 3 is 2.68 bits per heavy atom. The number of fused-ring (bicyclic) bond motifs is 1. The molecule has 140 valence electrons. The molecule has 4 rings (SSSR count). The molecule has 0 atom stereocenters. The summed E-state index contributed by atoms with van der Waals surface area (Å²) in [4.78, 5) is 12.7. The number of amides is 1. The number of halogens is 1. The molecule has 0 unspecified atom stereocenters. The van der Waals surface area contributed by atoms with Gasteiger partial charge in [0, 0.05) is 17.3 Å². The zero-order valence-electron chi connectivity index (χ0n) is 15.2. The lowest BCUT2D eigenvalue weighted by molar-refractivity contribution is 0.102. The minimum Gasteiger partial charge on any atom is -0.497 e. The highest BCUT2D eigenvalue weighted by atomic mass is 19.1. The highest BCUT2D eigenvalue weighted by Gasteiger charge is 2.18. The third-order valence-electron chi connectivity index (χ3n) is 4.35. The lowest BCUT2D eigenvalue weighted by atomic mass is 10.1. The predicted octanol–water partition coefficient (Wildman–Crippen LogP) is 3.50. The molecular formula is C20H16FN5O2. The number of nitrogens with one attached hydrogen (secondary N) is 1. The molecule has 2 heterocycles. The van der Waals surface area contributed by atoms with Gasteiger partial charge in [-0.05, 0) is 36.8 Å². The van der Waals surface area contributed by atoms with Gasteiger partial charge in [-0.1, -0.05) is 18.2 Å². The fourth-order valence-electron chi connectivity index (χ4n) is 2.89. The Morgan fingerprint density at radius 1 is 1.14 bits per heavy atom. The van der Waals surface area contributed by atoms with Gasteiger partial charge in [0.2, 0.25) is 0 Å². The Hall–Kier alpha value is -3.81. The first kappa shape index (κ1) is 17.6. The summed E-state index contributed by atoms with van der Waals surface area (Å²) in [6.45, 7) is 1.74. The minimum absolute atomic E-state index is 0.157. The second-order valence-electron chi connectivity index (χ2n) is 6.12. The molecule has 0 aliphatic carbocycles. The van der Waals surface area contributed by atoms with E-state index in [9.17, 15) is 9.18 Å². The van der Waals surface area contributed by atoms with Crippen LogP contribution in [-0.2, 0) is 0 Å². The second kappa shape index (κ2) is 7.07. The minimum atomic E-state index is -0.404. The topological polar surface area (TPSA) is 81.4 Å². The van der Waals surface area contributed by atoms with Crippen molar-refractivity contribution >= 4 is 17.2 Å². The van der Waals surface area contributed by atoms with E-state index in [0.717, 1.165) is 5.56 Å². The first-order chi connectivity index (χ1) is 13.6. The van der Waals surface area contributed by atoms with Gasteiger partial charge in [-0.3, -0.25) is 4.79 Å². The van der Waals surface area contributed by atoms with Crippen molar-refractivity contribution in [2.45, 2.75) is 6.92 Å². The zero-order chi connectivity index (χ0) is 19.7. The van der Waals surface area contributed by atoms with E-state index in [1.165, 1.54) is 12.1 Å². The van der Waals surface area contributed by atoms with Crippen molar-refractivity contribution < 1.29 is 13.9 Å². The third-order valence-corrected chi connectivity index (χ3v) is 4.35. The number of rotatable bonds is 4. The number of nitrogens with zero attached hydrogens (tertiary/aromatic N) is 4. The Bertz CT molecular complexity index is 1170. The first-order valence-electron chi connectivity index (χ1n) is 8.49. The van der Waals surface area contributed by atoms with Gasteiger partial charge in [-0.25, -0.2) is 8.91 Å². The molecule has 8 heteroatoms. The van der Waals surface area contributed by atoms with E-state index in [2.05, 4.69) is 20.6 Å². The van der Waals surface area contributed by atoms with Crippen LogP contribution in [0.25, 0.3) is 16.8 Å². The maximum absolute atomic E-state index is 13.2. The van der Waals surface area contributed by atoms with Gasteiger partial charge in [0.15, 0.2) is 11.3 Å². The molecule has 1 N–H and O–H groups in total. The summed E-state index contributed by atoms with van der Waals surface area (Å²) in [5, 5.41) is 15.4. The number of aryl methyl sites for hydroxylation is 1. The quantitative estimate of drug-likeness (QED) is 0.589. The van der Waals surface area contributed by atoms with Gasteiger partial charge in [0.05, 0.1) is 19.0 Å². The lowest BCUT2D eigenvalue weighted by Gasteiger charge is -2.09. The van der Waals surface area contributed by atoms with Crippen LogP contribution in [0.3, 0.4) is 0 Å². The molecule has 2 aromatic carbocycles. The fraction of sp³-hybridized carbons (Fsp3) is 0.100. The van der Waals surface area contributed by atoms with Crippen LogP contribution >= 0.6 is 0 Å². The smallest absolute Gasteiger partial charge is 0.278 e. The first-order valence-corrected chi connectivity index (χ1v) is 8.49. The molecule has 0 aliphatic rings. The van der Waals surface area contributed by atoms with E-state index in [-0.39, 0.29) is 11.5 Å². The van der Waals surface area contributed by atoms with Gasteiger partial charge in [0.25, 0.3) is 5.91 Å². The van der Waals surface area contributed by atoms with Crippen LogP contribution in [0.2, 0.25) is 0 Å². The fourth-order valence-corrected chi connectivity index (χ4v) is 2.89. The van der Waals surface area contributed by atoms with Crippen molar-refractivity contribution in [3.05, 3.63) is 71.9 Å². The number of aromatic nitrogens is 4. The summed E-state index contributed by atoms with van der Waals surface area (Å²) in [5.41, 5.74) is 3.23. The van der Waals surface area contributed by atoms with E-state index in [4.69, 9.17) is 4.74 Å². The van der Waals surface area contributed by atoms with Crippen molar-refractivity contribution in [1.82, 2.24) is 19.8 Å². The van der Waals surface area contributed by atoms with Crippen LogP contribution in [0.5, 0.6) is 5.75 Å². The van der Waals surface area contributed by atoms with Crippen molar-refractivity contribution in [3.63, 3.8) is 0 Å². The van der Waals surface area contributed by atoms with Gasteiger partial charge in [-0.15, -0.1) is 10.2 Å². The average Bonchev–Trinajstić information content (AvgIpc) is 3.14. The van der Waals surface area contributed by atoms with Crippen LogP contribution in [0.15, 0.2) is 54.7 Å². The van der Waals surface area contributed by atoms with E-state index in [0.29, 0.717) is 28.3 Å². The van der Waals surface area contributed by atoms with Gasteiger partial charge < -0.3 is 10.1 Å². The van der Waals surface area contributed by atoms with E-state index in [1.807, 2.05) is 0 Å². The Morgan fingerprint density at radius 2 is 1.93 bits per heavy atom. The molecule has 4 aromatic rings. The summed E-state index contributed by atoms with van der Waals surface area (Å²) >= 11 is 0. The Kier molecular flexibility index (Phi) is 4.44. The highest BCUT2D eigenvalue weighted by Crippen LogP contribution is 2.24. The number of carbonyl (C=O) groups is 1. The average molecular weight is 377 g/mol. The molecule has 0 radical (unpaired) electrons. The third kappa shape index (κ3) is 3.16. The molecule has 0 fully saturated rings. The molecule has 28 heavy (non-hydrogen) atoms. The highest BCUT2D eigenvalue weighted by molar-refractivity contribution is 6.03. The summed E-state index contributed by atoms with van der Waals surface area (Å²) in [5.74, 6) is -0.0925. The second-order valence-corrected chi connectivity index (χ2v) is 6.12. The SMILES string of the molecule is COc1cccc(NC(=O)c2nnc3c(-c4ccc(F)cc4)cnn3c2C)c1. The van der Waals surface area contributed by atoms with Gasteiger partial charge >= 0.3 is 0 Å². The van der Waals surface area contributed by atoms with Crippen LogP contribution in [0.4, 0.5) is 10.1 Å². The number of benzene rings is 2. The Labute approximate surface area is 159 Å². The molecule has 0 bridgehead atoms. The molecule has 2 aromatic heterocycles. The number of ether oxygens (including phenoxy) is 1. The lowest BCUT2D eigenvalue weighted by Crippen LogP contribution is -2.18. The summed E-state index contributed by atoms with van der Waals surface area (Å²) in [6, 6.07) is 13.1. The number of methoxy groups -OCH3 is 1. The number of hydrogen-bond donors (Lipinski definition) is 1. The standard InChI is InChI=1S/C20H16FN5O2/c1-12-18(20(27)23-15-4-3-5-16(10-15)28-2)24-25-19-17(11-22-26(12)19)13-6-8-14(21)9-7-13/h3-11H,1-2H3,(H,23,27). The molecule has 0 saturated carbocycles. The van der Waals surface area contributed by atoms with E-state index < -0.39 is 5.91 Å². The maximum Gasteiger partial charge on any atom is 0.278 e. The number of hydrogen-bond acceptors (Lipinski definition) is 5. The van der Waals surface area contributed by atoms with Crippen molar-refractivity contribution in [3.8, 4) is 16.9 Å². The number of carbonyl (C=O) groups excluding carboxylic acids is 1. The molecule has 1 amide bonds.